The third-order valence-corrected chi connectivity index (χ3v) is 3.26. The number of hydrogen-bond acceptors (Lipinski definition) is 5. The summed E-state index contributed by atoms with van der Waals surface area (Å²) in [4.78, 5) is 35.3. The van der Waals surface area contributed by atoms with E-state index in [1.54, 1.807) is 19.1 Å². The normalized spacial score (nSPS) is 11.4. The molecule has 1 unspecified atom stereocenters. The van der Waals surface area contributed by atoms with Gasteiger partial charge in [-0.3, -0.25) is 10.1 Å². The van der Waals surface area contributed by atoms with E-state index in [2.05, 4.69) is 14.8 Å². The highest BCUT2D eigenvalue weighted by molar-refractivity contribution is 5.92. The van der Waals surface area contributed by atoms with E-state index in [-0.39, 0.29) is 25.0 Å². The van der Waals surface area contributed by atoms with Crippen LogP contribution in [0.4, 0.5) is 4.79 Å². The lowest BCUT2D eigenvalue weighted by Crippen LogP contribution is -3.11. The molecule has 126 valence electrons. The van der Waals surface area contributed by atoms with Crippen molar-refractivity contribution in [2.24, 2.45) is 0 Å². The maximum atomic E-state index is 11.8. The Bertz CT molecular complexity index is 542. The molecule has 0 radical (unpaired) electrons. The third-order valence-electron chi connectivity index (χ3n) is 3.26. The maximum Gasteiger partial charge on any atom is 0.414 e. The van der Waals surface area contributed by atoms with Gasteiger partial charge in [0.1, 0.15) is 6.54 Å². The van der Waals surface area contributed by atoms with Crippen LogP contribution in [0.3, 0.4) is 0 Å². The Kier molecular flexibility index (Phi) is 7.76. The highest BCUT2D eigenvalue weighted by Crippen LogP contribution is 2.04. The number of likely N-dealkylation sites (N-methyl/N-ethyl adjacent to an activating group) is 1. The maximum absolute atomic E-state index is 11.8. The van der Waals surface area contributed by atoms with Gasteiger partial charge in [-0.25, -0.2) is 9.59 Å². The molecule has 2 N–H and O–H groups in total. The molecule has 0 spiro atoms. The van der Waals surface area contributed by atoms with Gasteiger partial charge in [0.05, 0.1) is 25.8 Å². The van der Waals surface area contributed by atoms with Crippen LogP contribution in [0.2, 0.25) is 0 Å². The summed E-state index contributed by atoms with van der Waals surface area (Å²) in [5.74, 6) is -0.767. The predicted octanol–water partition coefficient (Wildman–Crippen LogP) is 0.151. The fraction of sp³-hybridized carbons (Fsp3) is 0.438. The van der Waals surface area contributed by atoms with Crippen molar-refractivity contribution in [3.05, 3.63) is 35.4 Å². The van der Waals surface area contributed by atoms with Gasteiger partial charge in [0.15, 0.2) is 6.54 Å². The first kappa shape index (κ1) is 18.6. The summed E-state index contributed by atoms with van der Waals surface area (Å²) in [6, 6.07) is 7.02. The van der Waals surface area contributed by atoms with E-state index in [9.17, 15) is 14.4 Å². The lowest BCUT2D eigenvalue weighted by atomic mass is 10.1. The topological polar surface area (TPSA) is 86.1 Å². The van der Waals surface area contributed by atoms with E-state index in [0.717, 1.165) is 17.0 Å². The predicted molar refractivity (Wildman–Crippen MR) is 83.0 cm³/mol. The van der Waals surface area contributed by atoms with E-state index in [1.165, 1.54) is 7.11 Å². The summed E-state index contributed by atoms with van der Waals surface area (Å²) in [6.45, 7) is 5.33. The number of ether oxygens (including phenoxy) is 2. The van der Waals surface area contributed by atoms with Crippen LogP contribution in [0.5, 0.6) is 0 Å². The molecule has 0 aliphatic heterocycles. The third kappa shape index (κ3) is 6.48. The molecule has 7 nitrogen and oxygen atoms in total. The van der Waals surface area contributed by atoms with Crippen LogP contribution < -0.4 is 10.2 Å². The lowest BCUT2D eigenvalue weighted by molar-refractivity contribution is -0.904. The van der Waals surface area contributed by atoms with Crippen LogP contribution in [0.1, 0.15) is 29.8 Å². The fourth-order valence-electron chi connectivity index (χ4n) is 2.03. The number of esters is 1. The number of methoxy groups -OCH3 is 1. The van der Waals surface area contributed by atoms with Crippen molar-refractivity contribution in [2.45, 2.75) is 20.4 Å². The van der Waals surface area contributed by atoms with Gasteiger partial charge in [-0.15, -0.1) is 0 Å². The van der Waals surface area contributed by atoms with E-state index in [1.807, 2.05) is 19.1 Å². The van der Waals surface area contributed by atoms with Crippen LogP contribution >= 0.6 is 0 Å². The fourth-order valence-corrected chi connectivity index (χ4v) is 2.03. The van der Waals surface area contributed by atoms with Crippen LogP contribution in [0, 0.1) is 0 Å². The molecule has 1 aromatic rings. The van der Waals surface area contributed by atoms with E-state index >= 15 is 0 Å². The Morgan fingerprint density at radius 3 is 2.30 bits per heavy atom. The molecule has 0 aliphatic carbocycles. The molecule has 23 heavy (non-hydrogen) atoms. The van der Waals surface area contributed by atoms with Gasteiger partial charge in [0.25, 0.3) is 5.91 Å². The van der Waals surface area contributed by atoms with Gasteiger partial charge in [-0.05, 0) is 26.0 Å². The number of quaternary nitrogens is 1. The van der Waals surface area contributed by atoms with Crippen LogP contribution in [-0.2, 0) is 20.8 Å². The summed E-state index contributed by atoms with van der Waals surface area (Å²) in [5.41, 5.74) is 1.47. The van der Waals surface area contributed by atoms with Gasteiger partial charge in [0.2, 0.25) is 0 Å². The Morgan fingerprint density at radius 1 is 1.13 bits per heavy atom. The molecule has 0 saturated carbocycles. The monoisotopic (exact) mass is 323 g/mol. The van der Waals surface area contributed by atoms with Crippen molar-refractivity contribution in [1.82, 2.24) is 5.32 Å². The number of hydrogen-bond donors (Lipinski definition) is 2. The molecule has 0 aliphatic rings. The van der Waals surface area contributed by atoms with E-state index < -0.39 is 6.09 Å². The Morgan fingerprint density at radius 2 is 1.78 bits per heavy atom. The number of nitrogens with one attached hydrogen (secondary N) is 2. The summed E-state index contributed by atoms with van der Waals surface area (Å²) in [5, 5.41) is 2.18. The van der Waals surface area contributed by atoms with Crippen molar-refractivity contribution < 1.29 is 28.8 Å². The van der Waals surface area contributed by atoms with Gasteiger partial charge in [-0.1, -0.05) is 12.1 Å². The summed E-state index contributed by atoms with van der Waals surface area (Å²) >= 11 is 0. The smallest absolute Gasteiger partial charge is 0.414 e. The minimum Gasteiger partial charge on any atom is -0.465 e. The van der Waals surface area contributed by atoms with Crippen LogP contribution in [0.15, 0.2) is 24.3 Å². The number of rotatable bonds is 7. The average molecular weight is 323 g/mol. The number of benzene rings is 1. The van der Waals surface area contributed by atoms with Crippen LogP contribution in [0.25, 0.3) is 0 Å². The molecule has 0 fully saturated rings. The van der Waals surface area contributed by atoms with Gasteiger partial charge in [-0.2, -0.15) is 0 Å². The Labute approximate surface area is 135 Å². The minimum atomic E-state index is -0.726. The van der Waals surface area contributed by atoms with Crippen molar-refractivity contribution in [3.63, 3.8) is 0 Å². The zero-order valence-corrected chi connectivity index (χ0v) is 13.7. The molecule has 2 amide bonds. The van der Waals surface area contributed by atoms with Crippen molar-refractivity contribution in [3.8, 4) is 0 Å². The van der Waals surface area contributed by atoms with Gasteiger partial charge < -0.3 is 14.4 Å². The standard InChI is InChI=1S/C16H22N2O5/c1-4-18(11-14(19)17-16(21)23-5-2)10-12-6-8-13(9-7-12)15(20)22-3/h6-9H,4-5,10-11H2,1-3H3,(H,17,19,21)/p+1. The highest BCUT2D eigenvalue weighted by atomic mass is 16.5. The zero-order valence-electron chi connectivity index (χ0n) is 13.7. The number of amides is 2. The first-order chi connectivity index (χ1) is 11.0. The number of imide groups is 1. The second-order valence-corrected chi connectivity index (χ2v) is 4.91. The number of carbonyl (C=O) groups is 3. The highest BCUT2D eigenvalue weighted by Gasteiger charge is 2.16. The second-order valence-electron chi connectivity index (χ2n) is 4.91. The van der Waals surface area contributed by atoms with Gasteiger partial charge in [0, 0.05) is 5.56 Å². The Balaban J connectivity index is 2.57. The SMILES string of the molecule is CCOC(=O)NC(=O)C[NH+](CC)Cc1ccc(C(=O)OC)cc1. The van der Waals surface area contributed by atoms with Crippen molar-refractivity contribution in [1.29, 1.82) is 0 Å². The summed E-state index contributed by atoms with van der Waals surface area (Å²) in [6.07, 6.45) is -0.726. The molecular weight excluding hydrogens is 300 g/mol. The van der Waals surface area contributed by atoms with Gasteiger partial charge >= 0.3 is 12.1 Å². The second kappa shape index (κ2) is 9.58. The molecule has 0 heterocycles. The Hall–Kier alpha value is -2.41. The molecule has 0 aromatic heterocycles. The largest absolute Gasteiger partial charge is 0.465 e. The number of carbonyl (C=O) groups excluding carboxylic acids is 3. The van der Waals surface area contributed by atoms with E-state index in [0.29, 0.717) is 12.1 Å². The minimum absolute atomic E-state index is 0.161. The van der Waals surface area contributed by atoms with Crippen molar-refractivity contribution >= 4 is 18.0 Å². The first-order valence-electron chi connectivity index (χ1n) is 7.47. The summed E-state index contributed by atoms with van der Waals surface area (Å²) < 4.78 is 9.32. The van der Waals surface area contributed by atoms with E-state index in [4.69, 9.17) is 0 Å². The molecule has 1 rings (SSSR count). The quantitative estimate of drug-likeness (QED) is 0.698. The molecule has 1 aromatic carbocycles. The summed E-state index contributed by atoms with van der Waals surface area (Å²) in [7, 11) is 1.33. The first-order valence-corrected chi connectivity index (χ1v) is 7.47. The average Bonchev–Trinajstić information content (AvgIpc) is 2.54. The number of alkyl carbamates (subject to hydrolysis) is 1. The molecule has 0 saturated heterocycles. The molecule has 0 bridgehead atoms. The lowest BCUT2D eigenvalue weighted by Gasteiger charge is -2.17. The molecular formula is C16H23N2O5+. The molecule has 1 atom stereocenters. The molecule has 7 heteroatoms. The van der Waals surface area contributed by atoms with Crippen molar-refractivity contribution in [2.75, 3.05) is 26.8 Å². The zero-order chi connectivity index (χ0) is 17.2. The van der Waals surface area contributed by atoms with Crippen LogP contribution in [-0.4, -0.2) is 44.8 Å².